The van der Waals surface area contributed by atoms with Crippen LogP contribution in [0.3, 0.4) is 0 Å². The fourth-order valence-electron chi connectivity index (χ4n) is 5.03. The smallest absolute Gasteiger partial charge is 0.196 e. The zero-order chi connectivity index (χ0) is 24.9. The Morgan fingerprint density at radius 1 is 0.568 bits per heavy atom. The molecule has 0 radical (unpaired) electrons. The first-order valence-electron chi connectivity index (χ1n) is 12.7. The highest BCUT2D eigenvalue weighted by molar-refractivity contribution is 7.79. The van der Waals surface area contributed by atoms with Crippen LogP contribution < -0.4 is 15.9 Å². The minimum atomic E-state index is -0.725. The molecule has 37 heavy (non-hydrogen) atoms. The van der Waals surface area contributed by atoms with Crippen LogP contribution in [0.25, 0.3) is 0 Å². The average Bonchev–Trinajstić information content (AvgIpc) is 3.45. The normalized spacial score (nSPS) is 15.0. The van der Waals surface area contributed by atoms with E-state index in [2.05, 4.69) is 146 Å². The minimum absolute atomic E-state index is 0.0238. The van der Waals surface area contributed by atoms with Crippen molar-refractivity contribution >= 4 is 29.7 Å². The van der Waals surface area contributed by atoms with Gasteiger partial charge < -0.3 is 4.74 Å². The van der Waals surface area contributed by atoms with Gasteiger partial charge in [-0.05, 0) is 40.5 Å². The summed E-state index contributed by atoms with van der Waals surface area (Å²) < 4.78 is 6.39. The van der Waals surface area contributed by atoms with Gasteiger partial charge in [-0.15, -0.1) is 0 Å². The molecule has 5 aromatic rings. The van der Waals surface area contributed by atoms with Gasteiger partial charge >= 0.3 is 0 Å². The number of nitrogens with zero attached hydrogens (tertiary/aromatic N) is 1. The van der Waals surface area contributed by atoms with E-state index in [1.807, 2.05) is 0 Å². The monoisotopic (exact) mass is 497 g/mol. The number of aliphatic imine (C=N–C) groups is 1. The Labute approximate surface area is 220 Å². The topological polar surface area (TPSA) is 21.6 Å². The molecule has 1 atom stereocenters. The molecule has 0 amide bonds. The summed E-state index contributed by atoms with van der Waals surface area (Å²) in [4.78, 5) is 5.25. The van der Waals surface area contributed by atoms with Crippen LogP contribution in [0.15, 0.2) is 151 Å². The van der Waals surface area contributed by atoms with Crippen molar-refractivity contribution in [1.29, 1.82) is 0 Å². The average molecular weight is 498 g/mol. The first kappa shape index (κ1) is 23.4. The quantitative estimate of drug-likeness (QED) is 0.228. The summed E-state index contributed by atoms with van der Waals surface area (Å²) in [6.07, 6.45) is 0. The lowest BCUT2D eigenvalue weighted by Crippen LogP contribution is -2.24. The van der Waals surface area contributed by atoms with Gasteiger partial charge in [-0.1, -0.05) is 146 Å². The van der Waals surface area contributed by atoms with E-state index in [-0.39, 0.29) is 12.0 Å². The number of hydrogen-bond acceptors (Lipinski definition) is 2. The highest BCUT2D eigenvalue weighted by Gasteiger charge is 2.31. The van der Waals surface area contributed by atoms with Crippen molar-refractivity contribution in [3.05, 3.63) is 162 Å². The zero-order valence-corrected chi connectivity index (χ0v) is 21.4. The highest BCUT2D eigenvalue weighted by Crippen LogP contribution is 2.38. The van der Waals surface area contributed by atoms with Gasteiger partial charge in [0.15, 0.2) is 5.90 Å². The summed E-state index contributed by atoms with van der Waals surface area (Å²) in [6.45, 7) is 0.551. The molecule has 1 heterocycles. The molecule has 1 aliphatic heterocycles. The third-order valence-corrected chi connectivity index (χ3v) is 9.27. The van der Waals surface area contributed by atoms with Crippen molar-refractivity contribution in [2.75, 3.05) is 6.61 Å². The van der Waals surface area contributed by atoms with E-state index >= 15 is 0 Å². The van der Waals surface area contributed by atoms with Crippen LogP contribution in [0.4, 0.5) is 0 Å². The molecule has 2 nitrogen and oxygen atoms in total. The van der Waals surface area contributed by atoms with Crippen LogP contribution in [0.2, 0.25) is 0 Å². The molecule has 6 rings (SSSR count). The van der Waals surface area contributed by atoms with Gasteiger partial charge in [-0.25, -0.2) is 4.99 Å². The third-order valence-electron chi connectivity index (χ3n) is 6.75. The van der Waals surface area contributed by atoms with Gasteiger partial charge in [-0.3, -0.25) is 0 Å². The number of benzene rings is 5. The lowest BCUT2D eigenvalue weighted by Gasteiger charge is -2.23. The van der Waals surface area contributed by atoms with Crippen LogP contribution >= 0.6 is 7.92 Å². The Morgan fingerprint density at radius 2 is 1.03 bits per heavy atom. The van der Waals surface area contributed by atoms with E-state index in [1.54, 1.807) is 0 Å². The van der Waals surface area contributed by atoms with Crippen molar-refractivity contribution < 1.29 is 4.74 Å². The molecular weight excluding hydrogens is 469 g/mol. The number of rotatable bonds is 7. The van der Waals surface area contributed by atoms with Gasteiger partial charge in [0.25, 0.3) is 0 Å². The van der Waals surface area contributed by atoms with E-state index in [1.165, 1.54) is 32.6 Å². The molecule has 5 aromatic carbocycles. The molecule has 0 spiro atoms. The molecular formula is C34H28NOP. The first-order chi connectivity index (χ1) is 18.4. The van der Waals surface area contributed by atoms with Crippen LogP contribution in [0.5, 0.6) is 0 Å². The Hall–Kier alpha value is -4.00. The predicted molar refractivity (Wildman–Crippen MR) is 156 cm³/mol. The molecule has 0 bridgehead atoms. The highest BCUT2D eigenvalue weighted by atomic mass is 31.1. The van der Waals surface area contributed by atoms with Gasteiger partial charge in [-0.2, -0.15) is 0 Å². The maximum Gasteiger partial charge on any atom is 0.196 e. The Kier molecular flexibility index (Phi) is 6.92. The van der Waals surface area contributed by atoms with Crippen molar-refractivity contribution in [1.82, 2.24) is 0 Å². The van der Waals surface area contributed by atoms with Crippen molar-refractivity contribution in [3.8, 4) is 0 Å². The van der Waals surface area contributed by atoms with Crippen LogP contribution in [0.1, 0.15) is 28.7 Å². The van der Waals surface area contributed by atoms with E-state index in [9.17, 15) is 0 Å². The largest absolute Gasteiger partial charge is 0.478 e. The Balaban J connectivity index is 1.43. The Morgan fingerprint density at radius 3 is 1.57 bits per heavy atom. The molecule has 3 heteroatoms. The lowest BCUT2D eigenvalue weighted by atomic mass is 9.91. The second-order valence-corrected chi connectivity index (χ2v) is 11.3. The molecule has 0 aromatic heterocycles. The number of ether oxygens (including phenoxy) is 1. The van der Waals surface area contributed by atoms with Crippen LogP contribution in [0, 0.1) is 0 Å². The van der Waals surface area contributed by atoms with E-state index < -0.39 is 7.92 Å². The van der Waals surface area contributed by atoms with Gasteiger partial charge in [0.1, 0.15) is 12.6 Å². The standard InChI is InChI=1S/C34H28NOP/c1-5-15-26(16-6-1)33(27-17-7-2-8-18-27)34-35-31(25-36-34)30-23-13-14-24-32(30)37(28-19-9-3-10-20-28)29-21-11-4-12-22-29/h1-24,31,33H,25H2/t31-/m1/s1. The SMILES string of the molecule is c1ccc(C(C2=N[C@@H](c3ccccc3P(c3ccccc3)c3ccccc3)CO2)c2ccccc2)cc1. The molecule has 0 saturated heterocycles. The second-order valence-electron chi connectivity index (χ2n) is 9.11. The molecule has 0 unspecified atom stereocenters. The lowest BCUT2D eigenvalue weighted by molar-refractivity contribution is 0.310. The van der Waals surface area contributed by atoms with Crippen molar-refractivity contribution in [2.45, 2.75) is 12.0 Å². The second kappa shape index (κ2) is 10.9. The van der Waals surface area contributed by atoms with Crippen LogP contribution in [-0.4, -0.2) is 12.5 Å². The maximum atomic E-state index is 6.39. The maximum absolute atomic E-state index is 6.39. The minimum Gasteiger partial charge on any atom is -0.478 e. The summed E-state index contributed by atoms with van der Waals surface area (Å²) in [5, 5.41) is 4.01. The molecule has 0 N–H and O–H groups in total. The first-order valence-corrected chi connectivity index (χ1v) is 14.0. The fourth-order valence-corrected chi connectivity index (χ4v) is 7.54. The fraction of sp³-hybridized carbons (Fsp3) is 0.0882. The zero-order valence-electron chi connectivity index (χ0n) is 20.5. The molecule has 0 saturated carbocycles. The summed E-state index contributed by atoms with van der Waals surface area (Å²) in [6, 6.07) is 51.5. The molecule has 0 fully saturated rings. The van der Waals surface area contributed by atoms with Crippen molar-refractivity contribution in [3.63, 3.8) is 0 Å². The van der Waals surface area contributed by atoms with Crippen molar-refractivity contribution in [2.24, 2.45) is 4.99 Å². The molecule has 0 aliphatic carbocycles. The van der Waals surface area contributed by atoms with E-state index in [0.29, 0.717) is 6.61 Å². The summed E-state index contributed by atoms with van der Waals surface area (Å²) in [7, 11) is -0.725. The van der Waals surface area contributed by atoms with E-state index in [4.69, 9.17) is 9.73 Å². The summed E-state index contributed by atoms with van der Waals surface area (Å²) in [5.74, 6) is 0.769. The van der Waals surface area contributed by atoms with Crippen LogP contribution in [-0.2, 0) is 4.74 Å². The molecule has 1 aliphatic rings. The van der Waals surface area contributed by atoms with Gasteiger partial charge in [0.05, 0.1) is 5.92 Å². The summed E-state index contributed by atoms with van der Waals surface area (Å²) in [5.41, 5.74) is 3.63. The van der Waals surface area contributed by atoms with Gasteiger partial charge in [0.2, 0.25) is 0 Å². The van der Waals surface area contributed by atoms with Gasteiger partial charge in [0, 0.05) is 0 Å². The molecule has 180 valence electrons. The number of hydrogen-bond donors (Lipinski definition) is 0. The summed E-state index contributed by atoms with van der Waals surface area (Å²) >= 11 is 0. The Bertz CT molecular complexity index is 1390. The third kappa shape index (κ3) is 4.99. The predicted octanol–water partition coefficient (Wildman–Crippen LogP) is 6.75. The van der Waals surface area contributed by atoms with E-state index in [0.717, 1.165) is 5.90 Å².